The molecular formula is C18H20N2O3S. The Morgan fingerprint density at radius 1 is 1.29 bits per heavy atom. The van der Waals surface area contributed by atoms with Crippen LogP contribution >= 0.6 is 11.3 Å². The average Bonchev–Trinajstić information content (AvgIpc) is 2.99. The first-order chi connectivity index (χ1) is 11.5. The maximum atomic E-state index is 12.1. The molecule has 0 saturated heterocycles. The number of aromatic nitrogens is 1. The molecule has 1 aliphatic rings. The predicted molar refractivity (Wildman–Crippen MR) is 93.0 cm³/mol. The van der Waals surface area contributed by atoms with Gasteiger partial charge in [-0.3, -0.25) is 4.79 Å². The van der Waals surface area contributed by atoms with Gasteiger partial charge in [0.1, 0.15) is 10.5 Å². The minimum Gasteiger partial charge on any atom is -0.480 e. The lowest BCUT2D eigenvalue weighted by molar-refractivity contribution is -0.151. The highest BCUT2D eigenvalue weighted by atomic mass is 32.1. The molecule has 0 spiro atoms. The van der Waals surface area contributed by atoms with Gasteiger partial charge in [-0.05, 0) is 31.2 Å². The molecule has 3 rings (SSSR count). The van der Waals surface area contributed by atoms with E-state index in [0.29, 0.717) is 18.5 Å². The van der Waals surface area contributed by atoms with Crippen LogP contribution in [0.4, 0.5) is 0 Å². The average molecular weight is 344 g/mol. The molecule has 0 aliphatic heterocycles. The summed E-state index contributed by atoms with van der Waals surface area (Å²) in [6.45, 7) is 2.11. The van der Waals surface area contributed by atoms with Crippen LogP contribution in [-0.4, -0.2) is 27.5 Å². The number of nitrogens with one attached hydrogen (secondary N) is 1. The number of aliphatic carboxylic acids is 1. The maximum absolute atomic E-state index is 12.1. The van der Waals surface area contributed by atoms with E-state index in [1.54, 1.807) is 0 Å². The van der Waals surface area contributed by atoms with Gasteiger partial charge in [-0.1, -0.05) is 31.2 Å². The van der Waals surface area contributed by atoms with Crippen LogP contribution in [0.1, 0.15) is 37.4 Å². The van der Waals surface area contributed by atoms with Crippen molar-refractivity contribution in [1.82, 2.24) is 10.3 Å². The molecule has 1 saturated carbocycles. The number of carbonyl (C=O) groups excluding carboxylic acids is 1. The summed E-state index contributed by atoms with van der Waals surface area (Å²) in [5.74, 6) is -1.23. The fourth-order valence-electron chi connectivity index (χ4n) is 2.80. The number of carboxylic acids is 1. The molecule has 1 aliphatic carbocycles. The van der Waals surface area contributed by atoms with E-state index in [1.165, 1.54) is 16.9 Å². The van der Waals surface area contributed by atoms with Crippen LogP contribution in [0.25, 0.3) is 10.6 Å². The van der Waals surface area contributed by atoms with Crippen LogP contribution in [0.15, 0.2) is 29.6 Å². The Bertz CT molecular complexity index is 748. The molecule has 24 heavy (non-hydrogen) atoms. The minimum absolute atomic E-state index is 0.110. The van der Waals surface area contributed by atoms with Crippen molar-refractivity contribution in [1.29, 1.82) is 0 Å². The van der Waals surface area contributed by atoms with Crippen molar-refractivity contribution in [3.8, 4) is 10.6 Å². The Morgan fingerprint density at radius 3 is 2.54 bits per heavy atom. The number of aryl methyl sites for hydroxylation is 1. The Balaban J connectivity index is 1.65. The molecule has 126 valence electrons. The van der Waals surface area contributed by atoms with Crippen LogP contribution in [0.5, 0.6) is 0 Å². The number of amides is 1. The number of carbonyl (C=O) groups is 2. The zero-order chi connectivity index (χ0) is 17.2. The molecule has 0 radical (unpaired) electrons. The number of thiazole rings is 1. The molecule has 0 unspecified atom stereocenters. The highest BCUT2D eigenvalue weighted by molar-refractivity contribution is 7.13. The van der Waals surface area contributed by atoms with E-state index in [2.05, 4.69) is 29.4 Å². The van der Waals surface area contributed by atoms with Crippen molar-refractivity contribution in [2.75, 3.05) is 0 Å². The Hall–Kier alpha value is -2.21. The molecule has 0 atom stereocenters. The van der Waals surface area contributed by atoms with Crippen molar-refractivity contribution >= 4 is 23.2 Å². The summed E-state index contributed by atoms with van der Waals surface area (Å²) >= 11 is 1.49. The van der Waals surface area contributed by atoms with E-state index in [4.69, 9.17) is 0 Å². The van der Waals surface area contributed by atoms with Gasteiger partial charge < -0.3 is 10.4 Å². The quantitative estimate of drug-likeness (QED) is 0.844. The van der Waals surface area contributed by atoms with Crippen LogP contribution in [-0.2, 0) is 22.4 Å². The number of hydrogen-bond donors (Lipinski definition) is 2. The molecular weight excluding hydrogens is 324 g/mol. The second kappa shape index (κ2) is 6.73. The van der Waals surface area contributed by atoms with Gasteiger partial charge in [0.25, 0.3) is 0 Å². The molecule has 1 aromatic heterocycles. The molecule has 5 nitrogen and oxygen atoms in total. The van der Waals surface area contributed by atoms with Crippen LogP contribution in [0, 0.1) is 0 Å². The van der Waals surface area contributed by atoms with Crippen LogP contribution in [0.2, 0.25) is 0 Å². The molecule has 2 N–H and O–H groups in total. The number of hydrogen-bond acceptors (Lipinski definition) is 4. The van der Waals surface area contributed by atoms with Gasteiger partial charge in [0, 0.05) is 10.9 Å². The van der Waals surface area contributed by atoms with E-state index in [9.17, 15) is 14.7 Å². The molecule has 1 aromatic carbocycles. The van der Waals surface area contributed by atoms with E-state index < -0.39 is 11.5 Å². The first-order valence-electron chi connectivity index (χ1n) is 8.10. The van der Waals surface area contributed by atoms with Gasteiger partial charge in [-0.15, -0.1) is 11.3 Å². The van der Waals surface area contributed by atoms with Gasteiger partial charge >= 0.3 is 5.97 Å². The predicted octanol–water partition coefficient (Wildman–Crippen LogP) is 3.04. The third kappa shape index (κ3) is 3.33. The molecule has 6 heteroatoms. The van der Waals surface area contributed by atoms with Crippen molar-refractivity contribution in [2.24, 2.45) is 0 Å². The number of carboxylic acid groups (broad SMARTS) is 1. The molecule has 2 aromatic rings. The third-order valence-corrected chi connectivity index (χ3v) is 5.44. The zero-order valence-electron chi connectivity index (χ0n) is 13.5. The lowest BCUT2D eigenvalue weighted by atomic mass is 9.76. The molecule has 1 fully saturated rings. The van der Waals surface area contributed by atoms with E-state index in [0.717, 1.165) is 23.4 Å². The minimum atomic E-state index is -1.06. The van der Waals surface area contributed by atoms with Gasteiger partial charge in [0.2, 0.25) is 5.91 Å². The van der Waals surface area contributed by atoms with Gasteiger partial charge in [-0.25, -0.2) is 9.78 Å². The fraction of sp³-hybridized carbons (Fsp3) is 0.389. The lowest BCUT2D eigenvalue weighted by Gasteiger charge is -2.38. The first kappa shape index (κ1) is 16.6. The SMILES string of the molecule is CCc1ccc(-c2nc(CC(=O)NC3(C(=O)O)CCC3)cs2)cc1. The van der Waals surface area contributed by atoms with Crippen molar-refractivity contribution in [2.45, 2.75) is 44.6 Å². The van der Waals surface area contributed by atoms with E-state index in [1.807, 2.05) is 17.5 Å². The topological polar surface area (TPSA) is 79.3 Å². The molecule has 0 bridgehead atoms. The summed E-state index contributed by atoms with van der Waals surface area (Å²) < 4.78 is 0. The van der Waals surface area contributed by atoms with E-state index in [-0.39, 0.29) is 12.3 Å². The van der Waals surface area contributed by atoms with E-state index >= 15 is 0 Å². The standard InChI is InChI=1S/C18H20N2O3S/c1-2-12-4-6-13(7-5-12)16-19-14(11-24-16)10-15(21)20-18(17(22)23)8-3-9-18/h4-7,11H,2-3,8-10H2,1H3,(H,20,21)(H,22,23). The smallest absolute Gasteiger partial charge is 0.329 e. The first-order valence-corrected chi connectivity index (χ1v) is 8.98. The summed E-state index contributed by atoms with van der Waals surface area (Å²) in [6.07, 6.45) is 2.94. The van der Waals surface area contributed by atoms with Crippen LogP contribution < -0.4 is 5.32 Å². The Morgan fingerprint density at radius 2 is 2.00 bits per heavy atom. The number of nitrogens with zero attached hydrogens (tertiary/aromatic N) is 1. The molecule has 1 heterocycles. The van der Waals surface area contributed by atoms with Crippen molar-refractivity contribution < 1.29 is 14.7 Å². The molecule has 1 amide bonds. The summed E-state index contributed by atoms with van der Waals surface area (Å²) in [7, 11) is 0. The Labute approximate surface area is 144 Å². The largest absolute Gasteiger partial charge is 0.480 e. The summed E-state index contributed by atoms with van der Waals surface area (Å²) in [4.78, 5) is 28.0. The Kier molecular flexibility index (Phi) is 4.66. The highest BCUT2D eigenvalue weighted by Crippen LogP contribution is 2.32. The van der Waals surface area contributed by atoms with Crippen molar-refractivity contribution in [3.05, 3.63) is 40.9 Å². The number of rotatable bonds is 6. The van der Waals surface area contributed by atoms with Gasteiger partial charge in [-0.2, -0.15) is 0 Å². The van der Waals surface area contributed by atoms with Crippen LogP contribution in [0.3, 0.4) is 0 Å². The lowest BCUT2D eigenvalue weighted by Crippen LogP contribution is -2.59. The normalized spacial score (nSPS) is 15.5. The summed E-state index contributed by atoms with van der Waals surface area (Å²) in [5.41, 5.74) is 1.91. The zero-order valence-corrected chi connectivity index (χ0v) is 14.4. The van der Waals surface area contributed by atoms with Crippen molar-refractivity contribution in [3.63, 3.8) is 0 Å². The monoisotopic (exact) mass is 344 g/mol. The number of benzene rings is 1. The summed E-state index contributed by atoms with van der Waals surface area (Å²) in [5, 5.41) is 14.7. The highest BCUT2D eigenvalue weighted by Gasteiger charge is 2.45. The second-order valence-electron chi connectivity index (χ2n) is 6.16. The maximum Gasteiger partial charge on any atom is 0.329 e. The third-order valence-electron chi connectivity index (χ3n) is 4.50. The summed E-state index contributed by atoms with van der Waals surface area (Å²) in [6, 6.07) is 8.23. The second-order valence-corrected chi connectivity index (χ2v) is 7.02. The van der Waals surface area contributed by atoms with Gasteiger partial charge in [0.05, 0.1) is 12.1 Å². The van der Waals surface area contributed by atoms with Gasteiger partial charge in [0.15, 0.2) is 0 Å². The fourth-order valence-corrected chi connectivity index (χ4v) is 3.63.